The second kappa shape index (κ2) is 8.26. The van der Waals surface area contributed by atoms with Crippen molar-refractivity contribution in [3.8, 4) is 0 Å². The van der Waals surface area contributed by atoms with Gasteiger partial charge < -0.3 is 10.2 Å². The highest BCUT2D eigenvalue weighted by molar-refractivity contribution is 5.94. The summed E-state index contributed by atoms with van der Waals surface area (Å²) in [6, 6.07) is 12.4. The van der Waals surface area contributed by atoms with Crippen LogP contribution < -0.4 is 10.9 Å². The summed E-state index contributed by atoms with van der Waals surface area (Å²) in [7, 11) is 0. The van der Waals surface area contributed by atoms with Crippen LogP contribution in [-0.4, -0.2) is 39.2 Å². The summed E-state index contributed by atoms with van der Waals surface area (Å²) in [6.07, 6.45) is 6.17. The number of amides is 2. The Hall–Kier alpha value is -3.48. The van der Waals surface area contributed by atoms with Crippen molar-refractivity contribution in [1.82, 2.24) is 19.6 Å². The van der Waals surface area contributed by atoms with Crippen LogP contribution >= 0.6 is 0 Å². The molecule has 1 aliphatic heterocycles. The molecule has 29 heavy (non-hydrogen) atoms. The first kappa shape index (κ1) is 18.9. The number of likely N-dealkylation sites (tertiary alicyclic amines) is 1. The van der Waals surface area contributed by atoms with Crippen LogP contribution in [0.3, 0.4) is 0 Å². The Morgan fingerprint density at radius 2 is 1.76 bits per heavy atom. The third kappa shape index (κ3) is 4.03. The zero-order valence-corrected chi connectivity index (χ0v) is 16.0. The van der Waals surface area contributed by atoms with Crippen LogP contribution in [0.5, 0.6) is 0 Å². The Bertz CT molecular complexity index is 1100. The molecule has 2 aromatic heterocycles. The molecule has 0 atom stereocenters. The van der Waals surface area contributed by atoms with Gasteiger partial charge in [-0.2, -0.15) is 0 Å². The molecule has 7 nitrogen and oxygen atoms in total. The zero-order chi connectivity index (χ0) is 20.2. The number of carbonyl (C=O) groups excluding carboxylic acids is 2. The number of rotatable bonds is 4. The first-order valence-corrected chi connectivity index (χ1v) is 9.76. The van der Waals surface area contributed by atoms with E-state index in [0.717, 1.165) is 31.5 Å². The summed E-state index contributed by atoms with van der Waals surface area (Å²) in [5, 5.41) is 2.75. The zero-order valence-electron chi connectivity index (χ0n) is 16.0. The minimum absolute atomic E-state index is 0.00871. The van der Waals surface area contributed by atoms with Gasteiger partial charge >= 0.3 is 0 Å². The van der Waals surface area contributed by atoms with Gasteiger partial charge in [0.15, 0.2) is 0 Å². The summed E-state index contributed by atoms with van der Waals surface area (Å²) in [5.74, 6) is -0.426. The van der Waals surface area contributed by atoms with Gasteiger partial charge in [-0.15, -0.1) is 0 Å². The number of nitrogens with zero attached hydrogens (tertiary/aromatic N) is 3. The van der Waals surface area contributed by atoms with E-state index in [1.165, 1.54) is 17.0 Å². The highest BCUT2D eigenvalue weighted by Crippen LogP contribution is 2.14. The van der Waals surface area contributed by atoms with Crippen molar-refractivity contribution in [2.45, 2.75) is 25.8 Å². The van der Waals surface area contributed by atoms with Gasteiger partial charge in [0.1, 0.15) is 11.2 Å². The molecule has 7 heteroatoms. The maximum atomic E-state index is 12.5. The van der Waals surface area contributed by atoms with E-state index >= 15 is 0 Å². The smallest absolute Gasteiger partial charge is 0.270 e. The van der Waals surface area contributed by atoms with Crippen molar-refractivity contribution in [1.29, 1.82) is 0 Å². The number of pyridine rings is 1. The first-order valence-electron chi connectivity index (χ1n) is 9.76. The summed E-state index contributed by atoms with van der Waals surface area (Å²) >= 11 is 0. The van der Waals surface area contributed by atoms with Gasteiger partial charge in [-0.05, 0) is 49.1 Å². The molecule has 0 unspecified atom stereocenters. The topological polar surface area (TPSA) is 83.8 Å². The first-order chi connectivity index (χ1) is 14.1. The molecule has 1 N–H and O–H groups in total. The van der Waals surface area contributed by atoms with Crippen LogP contribution in [0.15, 0.2) is 59.7 Å². The van der Waals surface area contributed by atoms with E-state index in [9.17, 15) is 14.4 Å². The monoisotopic (exact) mass is 390 g/mol. The van der Waals surface area contributed by atoms with Crippen molar-refractivity contribution in [3.05, 3.63) is 81.9 Å². The Labute approximate surface area is 168 Å². The molecule has 3 aromatic rings. The second-order valence-corrected chi connectivity index (χ2v) is 7.14. The molecule has 0 bridgehead atoms. The van der Waals surface area contributed by atoms with Crippen molar-refractivity contribution < 1.29 is 9.59 Å². The lowest BCUT2D eigenvalue weighted by molar-refractivity contribution is 0.0724. The van der Waals surface area contributed by atoms with Gasteiger partial charge in [0.2, 0.25) is 0 Å². The molecule has 0 spiro atoms. The van der Waals surface area contributed by atoms with Gasteiger partial charge in [0, 0.05) is 37.6 Å². The van der Waals surface area contributed by atoms with Gasteiger partial charge in [-0.1, -0.05) is 18.2 Å². The van der Waals surface area contributed by atoms with Crippen LogP contribution in [0.2, 0.25) is 0 Å². The number of hydrogen-bond acceptors (Lipinski definition) is 4. The third-order valence-corrected chi connectivity index (χ3v) is 5.16. The maximum Gasteiger partial charge on any atom is 0.270 e. The number of carbonyl (C=O) groups is 2. The Kier molecular flexibility index (Phi) is 5.37. The molecule has 2 amide bonds. The molecule has 1 aliphatic rings. The summed E-state index contributed by atoms with van der Waals surface area (Å²) in [5.41, 5.74) is 1.57. The lowest BCUT2D eigenvalue weighted by atomic mass is 10.1. The van der Waals surface area contributed by atoms with Crippen LogP contribution in [0.1, 0.15) is 45.5 Å². The van der Waals surface area contributed by atoms with Gasteiger partial charge in [0.05, 0.1) is 0 Å². The largest absolute Gasteiger partial charge is 0.348 e. The summed E-state index contributed by atoms with van der Waals surface area (Å²) in [4.78, 5) is 43.5. The predicted molar refractivity (Wildman–Crippen MR) is 109 cm³/mol. The van der Waals surface area contributed by atoms with E-state index in [4.69, 9.17) is 0 Å². The fraction of sp³-hybridized carbons (Fsp3) is 0.273. The number of aromatic nitrogens is 2. The molecule has 0 aliphatic carbocycles. The third-order valence-electron chi connectivity index (χ3n) is 5.16. The Morgan fingerprint density at radius 3 is 2.52 bits per heavy atom. The molecular formula is C22H22N4O3. The molecule has 4 rings (SSSR count). The number of hydrogen-bond donors (Lipinski definition) is 1. The van der Waals surface area contributed by atoms with E-state index in [2.05, 4.69) is 10.3 Å². The normalized spacial score (nSPS) is 14.0. The quantitative estimate of drug-likeness (QED) is 0.741. The SMILES string of the molecule is O=C(NCc1ccc(C(=O)N2CCCCC2)cc1)c1cnc2ccccn2c1=O. The predicted octanol–water partition coefficient (Wildman–Crippen LogP) is 2.25. The summed E-state index contributed by atoms with van der Waals surface area (Å²) < 4.78 is 1.34. The highest BCUT2D eigenvalue weighted by atomic mass is 16.2. The standard InChI is InChI=1S/C22H22N4O3/c27-20(18-15-23-19-6-2-5-13-26(19)22(18)29)24-14-16-7-9-17(10-8-16)21(28)25-11-3-1-4-12-25/h2,5-10,13,15H,1,3-4,11-12,14H2,(H,24,27). The summed E-state index contributed by atoms with van der Waals surface area (Å²) in [6.45, 7) is 1.88. The number of nitrogens with one attached hydrogen (secondary N) is 1. The number of benzene rings is 1. The highest BCUT2D eigenvalue weighted by Gasteiger charge is 2.18. The molecular weight excluding hydrogens is 368 g/mol. The molecule has 148 valence electrons. The van der Waals surface area contributed by atoms with Crippen LogP contribution in [-0.2, 0) is 6.54 Å². The fourth-order valence-electron chi connectivity index (χ4n) is 3.50. The molecule has 0 saturated carbocycles. The van der Waals surface area contributed by atoms with Crippen molar-refractivity contribution in [2.24, 2.45) is 0 Å². The van der Waals surface area contributed by atoms with E-state index in [1.54, 1.807) is 36.5 Å². The van der Waals surface area contributed by atoms with Crippen LogP contribution in [0, 0.1) is 0 Å². The molecule has 1 fully saturated rings. The Morgan fingerprint density at radius 1 is 1.00 bits per heavy atom. The average Bonchev–Trinajstić information content (AvgIpc) is 2.78. The van der Waals surface area contributed by atoms with E-state index in [1.807, 2.05) is 17.0 Å². The van der Waals surface area contributed by atoms with E-state index < -0.39 is 11.5 Å². The minimum atomic E-state index is -0.478. The minimum Gasteiger partial charge on any atom is -0.348 e. The average molecular weight is 390 g/mol. The second-order valence-electron chi connectivity index (χ2n) is 7.14. The van der Waals surface area contributed by atoms with Crippen molar-refractivity contribution >= 4 is 17.5 Å². The molecule has 1 saturated heterocycles. The van der Waals surface area contributed by atoms with E-state index in [0.29, 0.717) is 11.2 Å². The number of piperidine rings is 1. The molecule has 1 aromatic carbocycles. The number of fused-ring (bicyclic) bond motifs is 1. The molecule has 3 heterocycles. The fourth-order valence-corrected chi connectivity index (χ4v) is 3.50. The van der Waals surface area contributed by atoms with Crippen molar-refractivity contribution in [3.63, 3.8) is 0 Å². The molecule has 0 radical (unpaired) electrons. The lowest BCUT2D eigenvalue weighted by Gasteiger charge is -2.26. The van der Waals surface area contributed by atoms with E-state index in [-0.39, 0.29) is 18.0 Å². The van der Waals surface area contributed by atoms with Gasteiger partial charge in [-0.3, -0.25) is 18.8 Å². The van der Waals surface area contributed by atoms with Crippen LogP contribution in [0.25, 0.3) is 5.65 Å². The van der Waals surface area contributed by atoms with Gasteiger partial charge in [0.25, 0.3) is 17.4 Å². The Balaban J connectivity index is 1.41. The van der Waals surface area contributed by atoms with Crippen LogP contribution in [0.4, 0.5) is 0 Å². The van der Waals surface area contributed by atoms with Gasteiger partial charge in [-0.25, -0.2) is 4.98 Å². The van der Waals surface area contributed by atoms with Crippen molar-refractivity contribution in [2.75, 3.05) is 13.1 Å². The lowest BCUT2D eigenvalue weighted by Crippen LogP contribution is -2.35. The maximum absolute atomic E-state index is 12.5.